The highest BCUT2D eigenvalue weighted by Gasteiger charge is 2.34. The molecule has 2 aliphatic heterocycles. The highest BCUT2D eigenvalue weighted by Crippen LogP contribution is 2.26. The van der Waals surface area contributed by atoms with E-state index in [-0.39, 0.29) is 41.4 Å². The van der Waals surface area contributed by atoms with Crippen LogP contribution in [0.3, 0.4) is 0 Å². The van der Waals surface area contributed by atoms with Crippen LogP contribution in [-0.4, -0.2) is 63.3 Å². The third-order valence-corrected chi connectivity index (χ3v) is 8.09. The number of rotatable bonds is 6. The van der Waals surface area contributed by atoms with Gasteiger partial charge in [0, 0.05) is 37.9 Å². The van der Waals surface area contributed by atoms with Gasteiger partial charge < -0.3 is 16.0 Å². The van der Waals surface area contributed by atoms with E-state index in [0.29, 0.717) is 12.8 Å². The summed E-state index contributed by atoms with van der Waals surface area (Å²) in [5.74, 6) is -0.914. The lowest BCUT2D eigenvalue weighted by molar-refractivity contribution is -0.903. The Morgan fingerprint density at radius 3 is 2.34 bits per heavy atom. The molecule has 0 saturated carbocycles. The quantitative estimate of drug-likeness (QED) is 0.565. The van der Waals surface area contributed by atoms with Gasteiger partial charge in [0.15, 0.2) is 0 Å². The zero-order valence-corrected chi connectivity index (χ0v) is 17.7. The zero-order valence-electron chi connectivity index (χ0n) is 16.9. The third kappa shape index (κ3) is 4.96. The summed E-state index contributed by atoms with van der Waals surface area (Å²) in [6.07, 6.45) is 2.93. The number of nitrogens with zero attached hydrogens (tertiary/aromatic N) is 1. The van der Waals surface area contributed by atoms with Crippen molar-refractivity contribution in [2.24, 2.45) is 11.7 Å². The van der Waals surface area contributed by atoms with Crippen molar-refractivity contribution in [3.05, 3.63) is 29.8 Å². The van der Waals surface area contributed by atoms with Crippen molar-refractivity contribution >= 4 is 21.8 Å². The van der Waals surface area contributed by atoms with Crippen LogP contribution in [0.2, 0.25) is 0 Å². The van der Waals surface area contributed by atoms with Crippen molar-refractivity contribution in [1.29, 1.82) is 0 Å². The molecule has 1 aromatic carbocycles. The second kappa shape index (κ2) is 9.23. The lowest BCUT2D eigenvalue weighted by Crippen LogP contribution is -3.13. The van der Waals surface area contributed by atoms with Crippen LogP contribution in [0.4, 0.5) is 0 Å². The number of carbonyl (C=O) groups excluding carboxylic acids is 2. The molecule has 2 amide bonds. The predicted octanol–water partition coefficient (Wildman–Crippen LogP) is -0.630. The number of benzene rings is 1. The number of sulfonamides is 1. The number of hydrogen-bond acceptors (Lipinski definition) is 4. The maximum Gasteiger partial charge on any atom is 0.250 e. The van der Waals surface area contributed by atoms with Gasteiger partial charge >= 0.3 is 0 Å². The molecule has 4 N–H and O–H groups in total. The highest BCUT2D eigenvalue weighted by atomic mass is 32.2. The smallest absolute Gasteiger partial charge is 0.250 e. The fourth-order valence-corrected chi connectivity index (χ4v) is 5.90. The number of carbonyl (C=O) groups is 2. The summed E-state index contributed by atoms with van der Waals surface area (Å²) in [5, 5.41) is 3.16. The molecular formula is C20H31N4O4S+. The fraction of sp³-hybridized carbons (Fsp3) is 0.600. The number of nitrogens with one attached hydrogen (secondary N) is 2. The SMILES string of the molecule is CC[NH+]1CCC(NC(=O)C2CCN(S(=O)(=O)c3ccccc3C(N)=O)CC2)CC1. The minimum atomic E-state index is -3.83. The predicted molar refractivity (Wildman–Crippen MR) is 109 cm³/mol. The molecular weight excluding hydrogens is 392 g/mol. The van der Waals surface area contributed by atoms with Crippen molar-refractivity contribution in [3.8, 4) is 0 Å². The average molecular weight is 424 g/mol. The Labute approximate surface area is 172 Å². The van der Waals surface area contributed by atoms with Crippen LogP contribution in [-0.2, 0) is 14.8 Å². The van der Waals surface area contributed by atoms with Crippen LogP contribution >= 0.6 is 0 Å². The number of primary amides is 1. The first-order valence-electron chi connectivity index (χ1n) is 10.4. The molecule has 8 nitrogen and oxygen atoms in total. The lowest BCUT2D eigenvalue weighted by Gasteiger charge is -2.33. The second-order valence-corrected chi connectivity index (χ2v) is 9.83. The van der Waals surface area contributed by atoms with Crippen LogP contribution < -0.4 is 16.0 Å². The lowest BCUT2D eigenvalue weighted by atomic mass is 9.96. The molecule has 0 aromatic heterocycles. The Morgan fingerprint density at radius 1 is 1.14 bits per heavy atom. The topological polar surface area (TPSA) is 114 Å². The van der Waals surface area contributed by atoms with Gasteiger partial charge in [-0.15, -0.1) is 0 Å². The first-order chi connectivity index (χ1) is 13.8. The number of quaternary nitrogens is 1. The van der Waals surface area contributed by atoms with Crippen molar-refractivity contribution < 1.29 is 22.9 Å². The summed E-state index contributed by atoms with van der Waals surface area (Å²) in [6.45, 7) is 5.97. The first-order valence-corrected chi connectivity index (χ1v) is 11.8. The molecule has 2 saturated heterocycles. The fourth-order valence-electron chi connectivity index (χ4n) is 4.24. The molecule has 2 fully saturated rings. The Kier molecular flexibility index (Phi) is 6.92. The average Bonchev–Trinajstić information content (AvgIpc) is 2.74. The van der Waals surface area contributed by atoms with E-state index in [1.807, 2.05) is 0 Å². The van der Waals surface area contributed by atoms with E-state index in [1.165, 1.54) is 16.4 Å². The Bertz CT molecular complexity index is 842. The van der Waals surface area contributed by atoms with E-state index in [0.717, 1.165) is 32.5 Å². The van der Waals surface area contributed by atoms with Crippen molar-refractivity contribution in [2.45, 2.75) is 43.5 Å². The van der Waals surface area contributed by atoms with E-state index in [9.17, 15) is 18.0 Å². The molecule has 0 atom stereocenters. The molecule has 0 spiro atoms. The second-order valence-electron chi connectivity index (χ2n) is 7.93. The summed E-state index contributed by atoms with van der Waals surface area (Å²) < 4.78 is 27.3. The molecule has 0 unspecified atom stereocenters. The Balaban J connectivity index is 1.57. The van der Waals surface area contributed by atoms with E-state index < -0.39 is 15.9 Å². The van der Waals surface area contributed by atoms with Crippen LogP contribution in [0.5, 0.6) is 0 Å². The number of hydrogen-bond donors (Lipinski definition) is 3. The summed E-state index contributed by atoms with van der Waals surface area (Å²) in [4.78, 5) is 25.8. The monoisotopic (exact) mass is 423 g/mol. The minimum absolute atomic E-state index is 0.00656. The van der Waals surface area contributed by atoms with Crippen LogP contribution in [0, 0.1) is 5.92 Å². The first kappa shape index (κ1) is 21.7. The van der Waals surface area contributed by atoms with E-state index >= 15 is 0 Å². The maximum atomic E-state index is 13.0. The van der Waals surface area contributed by atoms with Crippen molar-refractivity contribution in [2.75, 3.05) is 32.7 Å². The molecule has 9 heteroatoms. The maximum absolute atomic E-state index is 13.0. The van der Waals surface area contributed by atoms with E-state index in [4.69, 9.17) is 5.73 Å². The van der Waals surface area contributed by atoms with Crippen molar-refractivity contribution in [3.63, 3.8) is 0 Å². The minimum Gasteiger partial charge on any atom is -0.366 e. The van der Waals surface area contributed by atoms with Gasteiger partial charge in [0.25, 0.3) is 0 Å². The van der Waals surface area contributed by atoms with Gasteiger partial charge in [0.2, 0.25) is 21.8 Å². The molecule has 0 bridgehead atoms. The number of amides is 2. The summed E-state index contributed by atoms with van der Waals surface area (Å²) in [6, 6.07) is 6.20. The number of likely N-dealkylation sites (tertiary alicyclic amines) is 1. The molecule has 1 aromatic rings. The molecule has 3 rings (SSSR count). The van der Waals surface area contributed by atoms with Crippen LogP contribution in [0.1, 0.15) is 43.0 Å². The highest BCUT2D eigenvalue weighted by molar-refractivity contribution is 7.89. The zero-order chi connectivity index (χ0) is 21.0. The largest absolute Gasteiger partial charge is 0.366 e. The number of piperidine rings is 2. The van der Waals surface area contributed by atoms with Crippen LogP contribution in [0.15, 0.2) is 29.2 Å². The van der Waals surface area contributed by atoms with Gasteiger partial charge in [-0.2, -0.15) is 4.31 Å². The summed E-state index contributed by atoms with van der Waals surface area (Å²) >= 11 is 0. The molecule has 160 valence electrons. The Hall–Kier alpha value is -1.97. The Morgan fingerprint density at radius 2 is 1.76 bits per heavy atom. The molecule has 29 heavy (non-hydrogen) atoms. The van der Waals surface area contributed by atoms with Crippen molar-refractivity contribution in [1.82, 2.24) is 9.62 Å². The summed E-state index contributed by atoms with van der Waals surface area (Å²) in [7, 11) is -3.83. The van der Waals surface area contributed by atoms with E-state index in [2.05, 4.69) is 12.2 Å². The van der Waals surface area contributed by atoms with Gasteiger partial charge in [0.1, 0.15) is 0 Å². The van der Waals surface area contributed by atoms with Crippen LogP contribution in [0.25, 0.3) is 0 Å². The van der Waals surface area contributed by atoms with Gasteiger partial charge in [-0.25, -0.2) is 8.42 Å². The molecule has 0 aliphatic carbocycles. The molecule has 2 aliphatic rings. The number of nitrogens with two attached hydrogens (primary N) is 1. The third-order valence-electron chi connectivity index (χ3n) is 6.13. The molecule has 2 heterocycles. The van der Waals surface area contributed by atoms with Gasteiger partial charge in [-0.05, 0) is 31.9 Å². The summed E-state index contributed by atoms with van der Waals surface area (Å²) in [5.41, 5.74) is 5.33. The molecule has 0 radical (unpaired) electrons. The standard InChI is InChI=1S/C20H30N4O4S/c1-2-23-11-9-16(10-12-23)22-20(26)15-7-13-24(14-8-15)29(27,28)18-6-4-3-5-17(18)19(21)25/h3-6,15-16H,2,7-14H2,1H3,(H2,21,25)(H,22,26)/p+1. The van der Waals surface area contributed by atoms with Gasteiger partial charge in [-0.1, -0.05) is 12.1 Å². The normalized spacial score (nSPS) is 24.2. The van der Waals surface area contributed by atoms with Gasteiger partial charge in [0.05, 0.1) is 30.1 Å². The van der Waals surface area contributed by atoms with E-state index in [1.54, 1.807) is 17.0 Å². The van der Waals surface area contributed by atoms with Gasteiger partial charge in [-0.3, -0.25) is 9.59 Å².